The molecule has 0 atom stereocenters. The zero-order valence-electron chi connectivity index (χ0n) is 17.7. The van der Waals surface area contributed by atoms with Crippen LogP contribution in [0.3, 0.4) is 0 Å². The van der Waals surface area contributed by atoms with Gasteiger partial charge in [-0.15, -0.1) is 0 Å². The third kappa shape index (κ3) is 6.60. The molecule has 2 aromatic rings. The van der Waals surface area contributed by atoms with E-state index in [1.807, 2.05) is 6.07 Å². The van der Waals surface area contributed by atoms with E-state index < -0.39 is 11.9 Å². The van der Waals surface area contributed by atoms with E-state index in [0.717, 1.165) is 56.8 Å². The molecule has 7 heteroatoms. The van der Waals surface area contributed by atoms with E-state index in [4.69, 9.17) is 14.9 Å². The van der Waals surface area contributed by atoms with Gasteiger partial charge in [0.25, 0.3) is 0 Å². The number of ether oxygens (including phenoxy) is 1. The van der Waals surface area contributed by atoms with Crippen molar-refractivity contribution in [2.75, 3.05) is 32.8 Å². The van der Waals surface area contributed by atoms with Crippen molar-refractivity contribution < 1.29 is 28.9 Å². The Kier molecular flexibility index (Phi) is 8.30. The largest absolute Gasteiger partial charge is 0.478 e. The number of halogens is 1. The Labute approximate surface area is 186 Å². The van der Waals surface area contributed by atoms with Crippen molar-refractivity contribution in [2.45, 2.75) is 12.8 Å². The van der Waals surface area contributed by atoms with Gasteiger partial charge in [0.2, 0.25) is 0 Å². The van der Waals surface area contributed by atoms with Gasteiger partial charge in [-0.05, 0) is 52.8 Å². The Morgan fingerprint density at radius 2 is 1.66 bits per heavy atom. The van der Waals surface area contributed by atoms with Gasteiger partial charge in [-0.3, -0.25) is 4.90 Å². The first-order valence-electron chi connectivity index (χ1n) is 10.5. The van der Waals surface area contributed by atoms with Crippen LogP contribution in [0.1, 0.15) is 17.5 Å². The molecule has 0 saturated carbocycles. The summed E-state index contributed by atoms with van der Waals surface area (Å²) < 4.78 is 19.0. The Balaban J connectivity index is 0.000000312. The summed E-state index contributed by atoms with van der Waals surface area (Å²) in [4.78, 5) is 21.6. The number of hydrogen-bond acceptors (Lipinski definition) is 4. The highest BCUT2D eigenvalue weighted by Crippen LogP contribution is 2.36. The number of fused-ring (bicyclic) bond motifs is 1. The molecule has 2 N–H and O–H groups in total. The molecule has 0 amide bonds. The highest BCUT2D eigenvalue weighted by Gasteiger charge is 2.19. The van der Waals surface area contributed by atoms with Crippen molar-refractivity contribution in [3.8, 4) is 11.1 Å². The van der Waals surface area contributed by atoms with Crippen LogP contribution in [0.4, 0.5) is 4.39 Å². The summed E-state index contributed by atoms with van der Waals surface area (Å²) in [6.45, 7) is 4.84. The summed E-state index contributed by atoms with van der Waals surface area (Å²) in [5.74, 6) is -2.69. The predicted molar refractivity (Wildman–Crippen MR) is 120 cm³/mol. The monoisotopic (exact) mass is 439 g/mol. The summed E-state index contributed by atoms with van der Waals surface area (Å²) in [5, 5.41) is 15.6. The second-order valence-electron chi connectivity index (χ2n) is 7.49. The smallest absolute Gasteiger partial charge is 0.328 e. The summed E-state index contributed by atoms with van der Waals surface area (Å²) >= 11 is 0. The molecule has 32 heavy (non-hydrogen) atoms. The van der Waals surface area contributed by atoms with Crippen LogP contribution in [0.5, 0.6) is 0 Å². The highest BCUT2D eigenvalue weighted by molar-refractivity contribution is 5.89. The molecule has 1 aliphatic heterocycles. The van der Waals surface area contributed by atoms with E-state index in [9.17, 15) is 14.0 Å². The molecule has 168 valence electrons. The van der Waals surface area contributed by atoms with Crippen molar-refractivity contribution in [1.29, 1.82) is 0 Å². The standard InChI is InChI=1S/C21H22FNO.C4H4O4/c22-18-4-1-3-17(15-18)20-6-2-5-19-16(7-8-21(19)20)9-10-23-11-13-24-14-12-23;5-3(6)1-2-4(7)8/h1-7,15H,8-14H2;1-2H,(H,5,6)(H,7,8)/b;2-1-. The summed E-state index contributed by atoms with van der Waals surface area (Å²) in [6.07, 6.45) is 5.47. The molecule has 2 aliphatic rings. The quantitative estimate of drug-likeness (QED) is 0.665. The van der Waals surface area contributed by atoms with Crippen LogP contribution in [0.2, 0.25) is 0 Å². The Hall–Kier alpha value is -3.29. The van der Waals surface area contributed by atoms with E-state index in [-0.39, 0.29) is 5.82 Å². The van der Waals surface area contributed by atoms with Crippen molar-refractivity contribution >= 4 is 17.5 Å². The maximum Gasteiger partial charge on any atom is 0.328 e. The third-order valence-electron chi connectivity index (χ3n) is 5.38. The molecule has 1 saturated heterocycles. The van der Waals surface area contributed by atoms with Gasteiger partial charge in [0.05, 0.1) is 13.2 Å². The van der Waals surface area contributed by atoms with Gasteiger partial charge in [0.15, 0.2) is 0 Å². The van der Waals surface area contributed by atoms with Gasteiger partial charge in [-0.2, -0.15) is 0 Å². The zero-order valence-corrected chi connectivity index (χ0v) is 17.7. The lowest BCUT2D eigenvalue weighted by Crippen LogP contribution is -2.36. The highest BCUT2D eigenvalue weighted by atomic mass is 19.1. The van der Waals surface area contributed by atoms with E-state index >= 15 is 0 Å². The lowest BCUT2D eigenvalue weighted by atomic mass is 9.94. The first-order chi connectivity index (χ1) is 15.4. The number of hydrogen-bond donors (Lipinski definition) is 2. The van der Waals surface area contributed by atoms with Gasteiger partial charge in [0, 0.05) is 31.8 Å². The fourth-order valence-corrected chi connectivity index (χ4v) is 3.85. The average Bonchev–Trinajstić information content (AvgIpc) is 3.21. The molecule has 1 heterocycles. The summed E-state index contributed by atoms with van der Waals surface area (Å²) in [6, 6.07) is 13.3. The third-order valence-corrected chi connectivity index (χ3v) is 5.38. The summed E-state index contributed by atoms with van der Waals surface area (Å²) in [5.41, 5.74) is 6.22. The molecule has 2 aromatic carbocycles. The molecule has 0 unspecified atom stereocenters. The van der Waals surface area contributed by atoms with Gasteiger partial charge in [0.1, 0.15) is 5.82 Å². The van der Waals surface area contributed by atoms with Crippen LogP contribution < -0.4 is 0 Å². The Bertz CT molecular complexity index is 1010. The SMILES string of the molecule is Fc1cccc(-c2cccc3c2CC=C3CCN2CCOCC2)c1.O=C(O)/C=C\C(=O)O. The van der Waals surface area contributed by atoms with Crippen LogP contribution in [0, 0.1) is 5.82 Å². The molecule has 0 bridgehead atoms. The van der Waals surface area contributed by atoms with Crippen molar-refractivity contribution in [2.24, 2.45) is 0 Å². The first-order valence-corrected chi connectivity index (χ1v) is 10.5. The predicted octanol–water partition coefficient (Wildman–Crippen LogP) is 3.87. The lowest BCUT2D eigenvalue weighted by Gasteiger charge is -2.26. The van der Waals surface area contributed by atoms with Crippen LogP contribution in [-0.2, 0) is 20.7 Å². The van der Waals surface area contributed by atoms with Crippen LogP contribution in [0.25, 0.3) is 16.7 Å². The minimum absolute atomic E-state index is 0.177. The second-order valence-corrected chi connectivity index (χ2v) is 7.49. The first kappa shape index (κ1) is 23.4. The summed E-state index contributed by atoms with van der Waals surface area (Å²) in [7, 11) is 0. The van der Waals surface area contributed by atoms with E-state index in [0.29, 0.717) is 12.2 Å². The number of carboxylic acid groups (broad SMARTS) is 2. The number of aliphatic carboxylic acids is 2. The van der Waals surface area contributed by atoms with Crippen molar-refractivity contribution in [1.82, 2.24) is 4.90 Å². The number of morpholine rings is 1. The fourth-order valence-electron chi connectivity index (χ4n) is 3.85. The second kappa shape index (κ2) is 11.4. The van der Waals surface area contributed by atoms with Gasteiger partial charge in [-0.1, -0.05) is 36.4 Å². The topological polar surface area (TPSA) is 87.1 Å². The normalized spacial score (nSPS) is 15.6. The van der Waals surface area contributed by atoms with Crippen LogP contribution in [-0.4, -0.2) is 59.9 Å². The Morgan fingerprint density at radius 3 is 2.31 bits per heavy atom. The number of carbonyl (C=O) groups is 2. The van der Waals surface area contributed by atoms with Gasteiger partial charge >= 0.3 is 11.9 Å². The molecular formula is C25H26FNO5. The molecule has 1 aliphatic carbocycles. The molecular weight excluding hydrogens is 413 g/mol. The number of allylic oxidation sites excluding steroid dienone is 1. The van der Waals surface area contributed by atoms with E-state index in [2.05, 4.69) is 29.2 Å². The minimum atomic E-state index is -1.26. The molecule has 0 spiro atoms. The average molecular weight is 439 g/mol. The fraction of sp³-hybridized carbons (Fsp3) is 0.280. The van der Waals surface area contributed by atoms with Gasteiger partial charge < -0.3 is 14.9 Å². The minimum Gasteiger partial charge on any atom is -0.478 e. The maximum absolute atomic E-state index is 13.6. The van der Waals surface area contributed by atoms with E-state index in [1.165, 1.54) is 22.8 Å². The van der Waals surface area contributed by atoms with Crippen molar-refractivity contribution in [3.05, 3.63) is 77.6 Å². The molecule has 6 nitrogen and oxygen atoms in total. The number of benzene rings is 2. The lowest BCUT2D eigenvalue weighted by molar-refractivity contribution is -0.134. The Morgan fingerprint density at radius 1 is 1.00 bits per heavy atom. The molecule has 1 fully saturated rings. The van der Waals surface area contributed by atoms with Gasteiger partial charge in [-0.25, -0.2) is 14.0 Å². The number of nitrogens with zero attached hydrogens (tertiary/aromatic N) is 1. The maximum atomic E-state index is 13.6. The van der Waals surface area contributed by atoms with E-state index in [1.54, 1.807) is 12.1 Å². The van der Waals surface area contributed by atoms with Crippen LogP contribution in [0.15, 0.2) is 60.7 Å². The number of rotatable bonds is 6. The van der Waals surface area contributed by atoms with Crippen LogP contribution >= 0.6 is 0 Å². The number of carboxylic acids is 2. The zero-order chi connectivity index (χ0) is 22.9. The van der Waals surface area contributed by atoms with Crippen molar-refractivity contribution in [3.63, 3.8) is 0 Å². The molecule has 4 rings (SSSR count). The molecule has 0 radical (unpaired) electrons. The molecule has 0 aromatic heterocycles.